The van der Waals surface area contributed by atoms with Crippen LogP contribution in [-0.4, -0.2) is 16.4 Å². The summed E-state index contributed by atoms with van der Waals surface area (Å²) in [5.74, 6) is 1.73. The van der Waals surface area contributed by atoms with Crippen molar-refractivity contribution in [3.8, 4) is 0 Å². The first-order valence-electron chi connectivity index (χ1n) is 5.03. The minimum atomic E-state index is 0.805. The smallest absolute Gasteiger partial charge is 0.145 e. The van der Waals surface area contributed by atoms with Crippen molar-refractivity contribution in [2.75, 3.05) is 12.4 Å². The molecule has 1 saturated carbocycles. The number of imidazole rings is 1. The summed E-state index contributed by atoms with van der Waals surface area (Å²) in [7, 11) is 1.89. The van der Waals surface area contributed by atoms with Gasteiger partial charge in [0.2, 0.25) is 0 Å². The number of aromatic nitrogens is 2. The zero-order valence-corrected chi connectivity index (χ0v) is 8.20. The Kier molecular flexibility index (Phi) is 1.54. The molecule has 0 aliphatic heterocycles. The minimum absolute atomic E-state index is 0.805. The summed E-state index contributed by atoms with van der Waals surface area (Å²) in [5.41, 5.74) is 2.45. The Hall–Kier alpha value is -1.51. The van der Waals surface area contributed by atoms with Gasteiger partial charge in [-0.25, -0.2) is 4.98 Å². The standard InChI is InChI=1S/C11H13N3/c1-12-10-7-14-6-9(8-2-3-8)4-5-11(14)13-10/h4-8,12H,2-3H2,1H3. The SMILES string of the molecule is CNc1cn2cc(C3CC3)ccc2n1. The minimum Gasteiger partial charge on any atom is -0.372 e. The van der Waals surface area contributed by atoms with E-state index in [4.69, 9.17) is 0 Å². The molecule has 2 heterocycles. The van der Waals surface area contributed by atoms with Crippen LogP contribution >= 0.6 is 0 Å². The number of hydrogen-bond acceptors (Lipinski definition) is 2. The molecule has 72 valence electrons. The molecule has 0 bridgehead atoms. The maximum absolute atomic E-state index is 4.40. The van der Waals surface area contributed by atoms with Crippen LogP contribution in [0.4, 0.5) is 5.82 Å². The molecule has 3 rings (SSSR count). The number of nitrogens with zero attached hydrogens (tertiary/aromatic N) is 2. The monoisotopic (exact) mass is 187 g/mol. The van der Waals surface area contributed by atoms with E-state index in [-0.39, 0.29) is 0 Å². The van der Waals surface area contributed by atoms with Gasteiger partial charge in [-0.3, -0.25) is 0 Å². The number of pyridine rings is 1. The van der Waals surface area contributed by atoms with Crippen molar-refractivity contribution in [3.05, 3.63) is 30.1 Å². The van der Waals surface area contributed by atoms with Crippen LogP contribution in [0, 0.1) is 0 Å². The van der Waals surface area contributed by atoms with E-state index in [9.17, 15) is 0 Å². The van der Waals surface area contributed by atoms with E-state index >= 15 is 0 Å². The highest BCUT2D eigenvalue weighted by molar-refractivity contribution is 5.49. The largest absolute Gasteiger partial charge is 0.372 e. The lowest BCUT2D eigenvalue weighted by atomic mass is 10.2. The topological polar surface area (TPSA) is 29.3 Å². The third kappa shape index (κ3) is 1.16. The first kappa shape index (κ1) is 7.85. The molecular formula is C11H13N3. The van der Waals surface area contributed by atoms with Gasteiger partial charge in [-0.15, -0.1) is 0 Å². The van der Waals surface area contributed by atoms with Crippen molar-refractivity contribution >= 4 is 11.5 Å². The lowest BCUT2D eigenvalue weighted by molar-refractivity contribution is 1.06. The molecule has 1 N–H and O–H groups in total. The fraction of sp³-hybridized carbons (Fsp3) is 0.364. The van der Waals surface area contributed by atoms with Gasteiger partial charge in [0.1, 0.15) is 11.5 Å². The van der Waals surface area contributed by atoms with Crippen LogP contribution in [0.15, 0.2) is 24.5 Å². The van der Waals surface area contributed by atoms with Crippen molar-refractivity contribution in [2.45, 2.75) is 18.8 Å². The average Bonchev–Trinajstić information content (AvgIpc) is 2.97. The molecule has 1 aliphatic carbocycles. The zero-order valence-electron chi connectivity index (χ0n) is 8.20. The lowest BCUT2D eigenvalue weighted by Gasteiger charge is -1.98. The van der Waals surface area contributed by atoms with Gasteiger partial charge in [-0.1, -0.05) is 6.07 Å². The molecule has 0 amide bonds. The molecule has 14 heavy (non-hydrogen) atoms. The highest BCUT2D eigenvalue weighted by atomic mass is 15.1. The van der Waals surface area contributed by atoms with E-state index in [2.05, 4.69) is 33.0 Å². The number of fused-ring (bicyclic) bond motifs is 1. The average molecular weight is 187 g/mol. The molecule has 1 fully saturated rings. The van der Waals surface area contributed by atoms with E-state index in [1.165, 1.54) is 18.4 Å². The quantitative estimate of drug-likeness (QED) is 0.781. The molecule has 0 unspecified atom stereocenters. The Morgan fingerprint density at radius 2 is 2.21 bits per heavy atom. The second-order valence-electron chi connectivity index (χ2n) is 3.88. The summed E-state index contributed by atoms with van der Waals surface area (Å²) in [5, 5.41) is 3.05. The van der Waals surface area contributed by atoms with Crippen molar-refractivity contribution in [1.82, 2.24) is 9.38 Å². The van der Waals surface area contributed by atoms with Crippen LogP contribution in [0.25, 0.3) is 5.65 Å². The predicted octanol–water partition coefficient (Wildman–Crippen LogP) is 2.25. The van der Waals surface area contributed by atoms with Gasteiger partial charge >= 0.3 is 0 Å². The van der Waals surface area contributed by atoms with Crippen molar-refractivity contribution < 1.29 is 0 Å². The number of anilines is 1. The summed E-state index contributed by atoms with van der Waals surface area (Å²) < 4.78 is 2.10. The van der Waals surface area contributed by atoms with Gasteiger partial charge in [0.05, 0.1) is 6.20 Å². The summed E-state index contributed by atoms with van der Waals surface area (Å²) in [6.07, 6.45) is 6.92. The first-order chi connectivity index (χ1) is 6.86. The normalized spacial score (nSPS) is 16.1. The third-order valence-electron chi connectivity index (χ3n) is 2.78. The maximum Gasteiger partial charge on any atom is 0.145 e. The lowest BCUT2D eigenvalue weighted by Crippen LogP contribution is -1.86. The number of rotatable bonds is 2. The Labute approximate surface area is 82.8 Å². The fourth-order valence-corrected chi connectivity index (χ4v) is 1.79. The Morgan fingerprint density at radius 1 is 1.36 bits per heavy atom. The molecule has 3 heteroatoms. The van der Waals surface area contributed by atoms with E-state index in [1.54, 1.807) is 0 Å². The number of nitrogens with one attached hydrogen (secondary N) is 1. The zero-order chi connectivity index (χ0) is 9.54. The van der Waals surface area contributed by atoms with Gasteiger partial charge in [-0.05, 0) is 30.4 Å². The molecule has 0 saturated heterocycles. The van der Waals surface area contributed by atoms with E-state index < -0.39 is 0 Å². The van der Waals surface area contributed by atoms with Gasteiger partial charge < -0.3 is 9.72 Å². The molecule has 2 aromatic rings. The third-order valence-corrected chi connectivity index (χ3v) is 2.78. The van der Waals surface area contributed by atoms with Gasteiger partial charge in [0.25, 0.3) is 0 Å². The van der Waals surface area contributed by atoms with Crippen LogP contribution in [-0.2, 0) is 0 Å². The van der Waals surface area contributed by atoms with E-state index in [0.717, 1.165) is 17.4 Å². The van der Waals surface area contributed by atoms with Crippen LogP contribution in [0.1, 0.15) is 24.3 Å². The highest BCUT2D eigenvalue weighted by Gasteiger charge is 2.23. The van der Waals surface area contributed by atoms with E-state index in [1.807, 2.05) is 13.2 Å². The maximum atomic E-state index is 4.40. The summed E-state index contributed by atoms with van der Waals surface area (Å²) in [6.45, 7) is 0. The van der Waals surface area contributed by atoms with Gasteiger partial charge in [0, 0.05) is 13.2 Å². The molecule has 0 atom stereocenters. The molecule has 0 radical (unpaired) electrons. The predicted molar refractivity (Wildman–Crippen MR) is 56.7 cm³/mol. The van der Waals surface area contributed by atoms with Gasteiger partial charge in [-0.2, -0.15) is 0 Å². The van der Waals surface area contributed by atoms with Crippen molar-refractivity contribution in [3.63, 3.8) is 0 Å². The molecular weight excluding hydrogens is 174 g/mol. The second kappa shape index (κ2) is 2.74. The van der Waals surface area contributed by atoms with E-state index in [0.29, 0.717) is 0 Å². The number of hydrogen-bond donors (Lipinski definition) is 1. The van der Waals surface area contributed by atoms with Crippen LogP contribution < -0.4 is 5.32 Å². The van der Waals surface area contributed by atoms with Gasteiger partial charge in [0.15, 0.2) is 0 Å². The summed E-state index contributed by atoms with van der Waals surface area (Å²) in [4.78, 5) is 4.40. The summed E-state index contributed by atoms with van der Waals surface area (Å²) >= 11 is 0. The van der Waals surface area contributed by atoms with Crippen molar-refractivity contribution in [1.29, 1.82) is 0 Å². The molecule has 1 aliphatic rings. The Bertz CT molecular complexity index is 468. The fourth-order valence-electron chi connectivity index (χ4n) is 1.79. The molecule has 0 spiro atoms. The highest BCUT2D eigenvalue weighted by Crippen LogP contribution is 2.39. The Balaban J connectivity index is 2.12. The molecule has 0 aromatic carbocycles. The van der Waals surface area contributed by atoms with Crippen LogP contribution in [0.3, 0.4) is 0 Å². The van der Waals surface area contributed by atoms with Crippen LogP contribution in [0.5, 0.6) is 0 Å². The second-order valence-corrected chi connectivity index (χ2v) is 3.88. The summed E-state index contributed by atoms with van der Waals surface area (Å²) in [6, 6.07) is 4.29. The molecule has 3 nitrogen and oxygen atoms in total. The molecule has 2 aromatic heterocycles. The first-order valence-corrected chi connectivity index (χ1v) is 5.03. The Morgan fingerprint density at radius 3 is 2.93 bits per heavy atom. The van der Waals surface area contributed by atoms with Crippen molar-refractivity contribution in [2.24, 2.45) is 0 Å². The van der Waals surface area contributed by atoms with Crippen LogP contribution in [0.2, 0.25) is 0 Å².